The highest BCUT2D eigenvalue weighted by Crippen LogP contribution is 2.47. The van der Waals surface area contributed by atoms with Crippen LogP contribution < -0.4 is 4.90 Å². The minimum absolute atomic E-state index is 0.170. The van der Waals surface area contributed by atoms with Crippen LogP contribution >= 0.6 is 11.8 Å². The number of anilines is 2. The fourth-order valence-electron chi connectivity index (χ4n) is 7.07. The standard InChI is InChI=1S/C58H41N3O6S/c1-4-65-56(62)46-34-40(15-14-30-61-52-19-7-9-21-54(52)68-55-22-10-8-20-53(55)61)31-41(35-46)23-24-42-32-43(37-47(36-42)57(63)66-5-2)25-26-44-33-45(39-48(38-44)58(64)67-6-3)27-28-49-16-13-18-51(60-49)50-17-11-12-29-59-50/h7-13,16-22,29,31-39H,4-6,30H2,1-3H3. The van der Waals surface area contributed by atoms with E-state index < -0.39 is 17.9 Å². The number of carbonyl (C=O) groups is 3. The average molecular weight is 908 g/mol. The van der Waals surface area contributed by atoms with Crippen molar-refractivity contribution in [3.63, 3.8) is 0 Å². The van der Waals surface area contributed by atoms with Crippen LogP contribution in [0.5, 0.6) is 0 Å². The van der Waals surface area contributed by atoms with Crippen molar-refractivity contribution >= 4 is 41.0 Å². The van der Waals surface area contributed by atoms with Gasteiger partial charge in [0.1, 0.15) is 5.69 Å². The van der Waals surface area contributed by atoms with Gasteiger partial charge in [-0.1, -0.05) is 89.6 Å². The molecular weight excluding hydrogens is 867 g/mol. The Balaban J connectivity index is 1.11. The molecule has 0 N–H and O–H groups in total. The zero-order valence-electron chi connectivity index (χ0n) is 37.4. The molecule has 8 rings (SSSR count). The van der Waals surface area contributed by atoms with Crippen LogP contribution in [0.4, 0.5) is 11.4 Å². The van der Waals surface area contributed by atoms with Gasteiger partial charge in [0.05, 0.1) is 65.8 Å². The van der Waals surface area contributed by atoms with Gasteiger partial charge in [-0.15, -0.1) is 0 Å². The monoisotopic (exact) mass is 907 g/mol. The first-order valence-electron chi connectivity index (χ1n) is 21.8. The van der Waals surface area contributed by atoms with Crippen molar-refractivity contribution in [3.05, 3.63) is 201 Å². The smallest absolute Gasteiger partial charge is 0.338 e. The van der Waals surface area contributed by atoms with Crippen LogP contribution in [0.2, 0.25) is 0 Å². The Morgan fingerprint density at radius 3 is 1.37 bits per heavy atom. The van der Waals surface area contributed by atoms with Crippen LogP contribution in [0.3, 0.4) is 0 Å². The molecule has 10 heteroatoms. The topological polar surface area (TPSA) is 108 Å². The number of hydrogen-bond acceptors (Lipinski definition) is 10. The van der Waals surface area contributed by atoms with Crippen molar-refractivity contribution in [2.45, 2.75) is 30.6 Å². The third kappa shape index (κ3) is 11.5. The number of fused-ring (bicyclic) bond motifs is 2. The van der Waals surface area contributed by atoms with E-state index in [0.717, 1.165) is 26.9 Å². The minimum Gasteiger partial charge on any atom is -0.462 e. The maximum atomic E-state index is 13.1. The Bertz CT molecular complexity index is 3290. The van der Waals surface area contributed by atoms with E-state index in [1.165, 1.54) is 0 Å². The molecule has 0 spiro atoms. The number of aromatic nitrogens is 2. The molecule has 9 nitrogen and oxygen atoms in total. The molecule has 0 fully saturated rings. The molecule has 1 aliphatic heterocycles. The Hall–Kier alpha value is -8.80. The van der Waals surface area contributed by atoms with E-state index in [2.05, 4.69) is 86.5 Å². The van der Waals surface area contributed by atoms with Gasteiger partial charge in [0.15, 0.2) is 0 Å². The van der Waals surface area contributed by atoms with Gasteiger partial charge in [0, 0.05) is 49.4 Å². The zero-order valence-corrected chi connectivity index (χ0v) is 38.2. The molecule has 330 valence electrons. The van der Waals surface area contributed by atoms with E-state index >= 15 is 0 Å². The summed E-state index contributed by atoms with van der Waals surface area (Å²) in [5.41, 5.74) is 7.96. The number of esters is 3. The third-order valence-electron chi connectivity index (χ3n) is 10.0. The van der Waals surface area contributed by atoms with Crippen molar-refractivity contribution in [2.24, 2.45) is 0 Å². The highest BCUT2D eigenvalue weighted by Gasteiger charge is 2.22. The summed E-state index contributed by atoms with van der Waals surface area (Å²) in [5.74, 6) is 23.9. The number of benzene rings is 5. The molecule has 1 aliphatic rings. The molecule has 5 aromatic carbocycles. The molecular formula is C58H41N3O6S. The molecule has 0 bridgehead atoms. The summed E-state index contributed by atoms with van der Waals surface area (Å²) in [6.07, 6.45) is 1.70. The number of pyridine rings is 2. The van der Waals surface area contributed by atoms with Gasteiger partial charge in [-0.25, -0.2) is 19.4 Å². The largest absolute Gasteiger partial charge is 0.462 e. The van der Waals surface area contributed by atoms with Crippen molar-refractivity contribution in [3.8, 4) is 58.8 Å². The van der Waals surface area contributed by atoms with Crippen LogP contribution in [-0.2, 0) is 14.2 Å². The van der Waals surface area contributed by atoms with E-state index in [1.54, 1.807) is 93.3 Å². The van der Waals surface area contributed by atoms with Crippen LogP contribution in [-0.4, -0.2) is 54.2 Å². The van der Waals surface area contributed by atoms with Gasteiger partial charge in [-0.2, -0.15) is 0 Å². The second kappa shape index (κ2) is 21.9. The SMILES string of the molecule is CCOC(=O)c1cc(C#CCN2c3ccccc3Sc3ccccc32)cc(C#Cc2cc(C#Cc3cc(C#Cc4cccc(-c5ccccn5)n4)cc(C(=O)OCC)c3)cc(C(=O)OCC)c2)c1. The summed E-state index contributed by atoms with van der Waals surface area (Å²) in [7, 11) is 0. The highest BCUT2D eigenvalue weighted by atomic mass is 32.2. The number of carbonyl (C=O) groups excluding carboxylic acids is 3. The molecule has 2 aromatic heterocycles. The number of ether oxygens (including phenoxy) is 3. The van der Waals surface area contributed by atoms with E-state index in [4.69, 9.17) is 14.2 Å². The molecule has 0 unspecified atom stereocenters. The van der Waals surface area contributed by atoms with Crippen LogP contribution in [0, 0.1) is 47.4 Å². The number of nitrogens with zero attached hydrogens (tertiary/aromatic N) is 3. The second-order valence-corrected chi connectivity index (χ2v) is 15.9. The third-order valence-corrected chi connectivity index (χ3v) is 11.2. The summed E-state index contributed by atoms with van der Waals surface area (Å²) in [6.45, 7) is 6.18. The van der Waals surface area contributed by atoms with Gasteiger partial charge in [0.2, 0.25) is 0 Å². The average Bonchev–Trinajstić information content (AvgIpc) is 3.37. The summed E-state index contributed by atoms with van der Waals surface area (Å²) >= 11 is 1.73. The van der Waals surface area contributed by atoms with Crippen molar-refractivity contribution in [2.75, 3.05) is 31.3 Å². The summed E-state index contributed by atoms with van der Waals surface area (Å²) < 4.78 is 16.0. The Morgan fingerprint density at radius 2 is 0.912 bits per heavy atom. The molecule has 0 saturated carbocycles. The van der Waals surface area contributed by atoms with Crippen LogP contribution in [0.25, 0.3) is 11.4 Å². The Kier molecular flexibility index (Phi) is 14.8. The fourth-order valence-corrected chi connectivity index (χ4v) is 8.17. The Labute approximate surface area is 399 Å². The van der Waals surface area contributed by atoms with Gasteiger partial charge < -0.3 is 19.1 Å². The molecule has 3 heterocycles. The Morgan fingerprint density at radius 1 is 0.485 bits per heavy atom. The first-order valence-corrected chi connectivity index (χ1v) is 22.6. The lowest BCUT2D eigenvalue weighted by molar-refractivity contribution is 0.0516. The van der Waals surface area contributed by atoms with E-state index in [0.29, 0.717) is 56.9 Å². The van der Waals surface area contributed by atoms with Crippen molar-refractivity contribution < 1.29 is 28.6 Å². The second-order valence-electron chi connectivity index (χ2n) is 14.9. The summed E-state index contributed by atoms with van der Waals surface area (Å²) in [4.78, 5) is 52.7. The van der Waals surface area contributed by atoms with Gasteiger partial charge >= 0.3 is 17.9 Å². The summed E-state index contributed by atoms with van der Waals surface area (Å²) in [6, 6.07) is 42.8. The van der Waals surface area contributed by atoms with Gasteiger partial charge in [-0.05, 0) is 130 Å². The predicted octanol–water partition coefficient (Wildman–Crippen LogP) is 10.5. The molecule has 7 aromatic rings. The molecule has 0 saturated heterocycles. The first kappa shape index (κ1) is 45.8. The molecule has 0 aliphatic carbocycles. The number of rotatable bonds is 8. The maximum absolute atomic E-state index is 13.1. The van der Waals surface area contributed by atoms with Crippen LogP contribution in [0.15, 0.2) is 156 Å². The quantitative estimate of drug-likeness (QED) is 0.0831. The zero-order chi connectivity index (χ0) is 47.2. The number of hydrogen-bond donors (Lipinski definition) is 0. The van der Waals surface area contributed by atoms with E-state index in [9.17, 15) is 14.4 Å². The number of para-hydroxylation sites is 2. The van der Waals surface area contributed by atoms with Gasteiger partial charge in [0.25, 0.3) is 0 Å². The lowest BCUT2D eigenvalue weighted by Gasteiger charge is -2.31. The predicted molar refractivity (Wildman–Crippen MR) is 263 cm³/mol. The van der Waals surface area contributed by atoms with Crippen molar-refractivity contribution in [1.29, 1.82) is 0 Å². The minimum atomic E-state index is -0.541. The van der Waals surface area contributed by atoms with Gasteiger partial charge in [-0.3, -0.25) is 4.98 Å². The summed E-state index contributed by atoms with van der Waals surface area (Å²) in [5, 5.41) is 0. The first-order chi connectivity index (χ1) is 33.3. The molecule has 68 heavy (non-hydrogen) atoms. The molecule has 0 atom stereocenters. The lowest BCUT2D eigenvalue weighted by atomic mass is 10.0. The molecule has 0 radical (unpaired) electrons. The van der Waals surface area contributed by atoms with Crippen molar-refractivity contribution in [1.82, 2.24) is 9.97 Å². The highest BCUT2D eigenvalue weighted by molar-refractivity contribution is 7.99. The lowest BCUT2D eigenvalue weighted by Crippen LogP contribution is -2.20. The normalized spacial score (nSPS) is 10.7. The van der Waals surface area contributed by atoms with Crippen LogP contribution in [0.1, 0.15) is 90.9 Å². The van der Waals surface area contributed by atoms with E-state index in [-0.39, 0.29) is 30.9 Å². The van der Waals surface area contributed by atoms with E-state index in [1.807, 2.05) is 60.7 Å². The fraction of sp³-hybridized carbons (Fsp3) is 0.121. The maximum Gasteiger partial charge on any atom is 0.338 e. The molecule has 0 amide bonds.